The number of nitrogens with zero attached hydrogens (tertiary/aromatic N) is 2. The summed E-state index contributed by atoms with van der Waals surface area (Å²) in [5.74, 6) is -1.89. The summed E-state index contributed by atoms with van der Waals surface area (Å²) >= 11 is 4.33. The van der Waals surface area contributed by atoms with Crippen LogP contribution < -0.4 is 0 Å². The van der Waals surface area contributed by atoms with Gasteiger partial charge in [-0.15, -0.1) is 0 Å². The number of rotatable bonds is 8. The maximum Gasteiger partial charge on any atom is 0.189 e. The lowest BCUT2D eigenvalue weighted by molar-refractivity contribution is 0.0740. The van der Waals surface area contributed by atoms with Crippen molar-refractivity contribution in [3.05, 3.63) is 99.8 Å². The Morgan fingerprint density at radius 3 is 2.25 bits per heavy atom. The van der Waals surface area contributed by atoms with Crippen LogP contribution in [-0.2, 0) is 32.9 Å². The highest BCUT2D eigenvalue weighted by Gasteiger charge is 2.36. The second-order valence-corrected chi connectivity index (χ2v) is 11.9. The Labute approximate surface area is 237 Å². The van der Waals surface area contributed by atoms with Crippen molar-refractivity contribution < 1.29 is 31.8 Å². The minimum atomic E-state index is -2.05. The molecule has 0 fully saturated rings. The van der Waals surface area contributed by atoms with Crippen molar-refractivity contribution in [1.82, 2.24) is 9.55 Å². The SMILES string of the molecule is COS(=O)c1cc(-c2ccc(-n3cc(C(C)(C)O)nc3C(C)(C)c3c(F)cccc3Cl)c(F)c2)cc(F)c1CO. The molecule has 4 aromatic rings. The number of halogens is 4. The lowest BCUT2D eigenvalue weighted by Gasteiger charge is -2.27. The van der Waals surface area contributed by atoms with Gasteiger partial charge in [-0.1, -0.05) is 23.7 Å². The summed E-state index contributed by atoms with van der Waals surface area (Å²) in [6.45, 7) is 5.74. The number of aliphatic hydroxyl groups excluding tert-OH is 1. The van der Waals surface area contributed by atoms with Crippen LogP contribution in [-0.4, -0.2) is 31.1 Å². The van der Waals surface area contributed by atoms with E-state index in [9.17, 15) is 18.8 Å². The fourth-order valence-corrected chi connectivity index (χ4v) is 5.72. The van der Waals surface area contributed by atoms with Gasteiger partial charge in [0.1, 0.15) is 28.9 Å². The normalized spacial score (nSPS) is 13.1. The molecule has 0 aliphatic rings. The first-order chi connectivity index (χ1) is 18.7. The summed E-state index contributed by atoms with van der Waals surface area (Å²) in [4.78, 5) is 4.51. The van der Waals surface area contributed by atoms with Gasteiger partial charge in [-0.05, 0) is 75.2 Å². The third-order valence-corrected chi connectivity index (χ3v) is 8.00. The van der Waals surface area contributed by atoms with E-state index in [2.05, 4.69) is 4.98 Å². The highest BCUT2D eigenvalue weighted by molar-refractivity contribution is 7.80. The van der Waals surface area contributed by atoms with E-state index in [4.69, 9.17) is 15.8 Å². The highest BCUT2D eigenvalue weighted by atomic mass is 35.5. The van der Waals surface area contributed by atoms with Crippen LogP contribution in [0, 0.1) is 17.5 Å². The molecular formula is C29H28ClF3N2O4S. The van der Waals surface area contributed by atoms with Gasteiger partial charge in [-0.3, -0.25) is 8.75 Å². The number of benzene rings is 3. The number of aliphatic hydroxyl groups is 2. The van der Waals surface area contributed by atoms with Crippen LogP contribution in [0.5, 0.6) is 0 Å². The lowest BCUT2D eigenvalue weighted by Crippen LogP contribution is -2.26. The number of hydrogen-bond acceptors (Lipinski definition) is 5. The zero-order chi connectivity index (χ0) is 29.6. The zero-order valence-corrected chi connectivity index (χ0v) is 24.0. The van der Waals surface area contributed by atoms with Gasteiger partial charge in [0.15, 0.2) is 11.1 Å². The van der Waals surface area contributed by atoms with Gasteiger partial charge in [0.05, 0.1) is 35.4 Å². The third kappa shape index (κ3) is 5.46. The van der Waals surface area contributed by atoms with Crippen LogP contribution in [0.1, 0.15) is 50.3 Å². The van der Waals surface area contributed by atoms with Crippen LogP contribution in [0.2, 0.25) is 5.02 Å². The molecule has 212 valence electrons. The largest absolute Gasteiger partial charge is 0.392 e. The molecule has 0 aliphatic carbocycles. The Bertz CT molecular complexity index is 1600. The summed E-state index contributed by atoms with van der Waals surface area (Å²) in [5, 5.41) is 20.4. The molecule has 1 aromatic heterocycles. The Kier molecular flexibility index (Phi) is 8.31. The highest BCUT2D eigenvalue weighted by Crippen LogP contribution is 2.40. The molecule has 0 radical (unpaired) electrons. The number of hydrogen-bond donors (Lipinski definition) is 2. The van der Waals surface area contributed by atoms with Gasteiger partial charge in [-0.2, -0.15) is 0 Å². The predicted molar refractivity (Wildman–Crippen MR) is 147 cm³/mol. The molecule has 0 spiro atoms. The molecule has 0 saturated carbocycles. The van der Waals surface area contributed by atoms with Crippen molar-refractivity contribution in [2.75, 3.05) is 7.11 Å². The average Bonchev–Trinajstić information content (AvgIpc) is 3.34. The summed E-state index contributed by atoms with van der Waals surface area (Å²) in [5.41, 5.74) is -1.86. The first-order valence-electron chi connectivity index (χ1n) is 12.2. The van der Waals surface area contributed by atoms with Gasteiger partial charge in [0.2, 0.25) is 0 Å². The molecule has 1 unspecified atom stereocenters. The van der Waals surface area contributed by atoms with Gasteiger partial charge in [0, 0.05) is 22.3 Å². The Morgan fingerprint density at radius 1 is 1.00 bits per heavy atom. The number of imidazole rings is 1. The van der Waals surface area contributed by atoms with E-state index in [0.29, 0.717) is 0 Å². The van der Waals surface area contributed by atoms with Crippen LogP contribution in [0.15, 0.2) is 59.6 Å². The average molecular weight is 593 g/mol. The van der Waals surface area contributed by atoms with Crippen molar-refractivity contribution in [3.8, 4) is 16.8 Å². The van der Waals surface area contributed by atoms with Crippen LogP contribution in [0.4, 0.5) is 13.2 Å². The molecule has 3 aromatic carbocycles. The van der Waals surface area contributed by atoms with E-state index < -0.39 is 46.2 Å². The fraction of sp³-hybridized carbons (Fsp3) is 0.276. The molecule has 0 bridgehead atoms. The van der Waals surface area contributed by atoms with Gasteiger partial charge in [0.25, 0.3) is 0 Å². The Morgan fingerprint density at radius 2 is 1.68 bits per heavy atom. The zero-order valence-electron chi connectivity index (χ0n) is 22.4. The standard InChI is InChI=1S/C29H28ClF3N2O4S/c1-28(2,26-19(30)7-6-8-20(26)31)27-34-25(29(3,4)37)14-35(27)23-10-9-16(11-22(23)33)17-12-21(32)18(15-36)24(13-17)40(38)39-5/h6-14,36-37H,15H2,1-5H3. The monoisotopic (exact) mass is 592 g/mol. The smallest absolute Gasteiger partial charge is 0.189 e. The van der Waals surface area contributed by atoms with Crippen LogP contribution in [0.25, 0.3) is 16.8 Å². The van der Waals surface area contributed by atoms with Gasteiger partial charge < -0.3 is 10.2 Å². The van der Waals surface area contributed by atoms with E-state index in [1.54, 1.807) is 19.9 Å². The number of aromatic nitrogens is 2. The molecular weight excluding hydrogens is 565 g/mol. The van der Waals surface area contributed by atoms with E-state index in [1.807, 2.05) is 0 Å². The van der Waals surface area contributed by atoms with E-state index in [-0.39, 0.29) is 49.4 Å². The van der Waals surface area contributed by atoms with Gasteiger partial charge >= 0.3 is 0 Å². The molecule has 0 saturated heterocycles. The molecule has 4 rings (SSSR count). The molecule has 0 amide bonds. The Balaban J connectivity index is 1.90. The molecule has 1 atom stereocenters. The summed E-state index contributed by atoms with van der Waals surface area (Å²) in [6, 6.07) is 10.9. The fourth-order valence-electron chi connectivity index (χ4n) is 4.56. The molecule has 1 heterocycles. The maximum absolute atomic E-state index is 15.8. The second-order valence-electron chi connectivity index (χ2n) is 10.3. The van der Waals surface area contributed by atoms with Gasteiger partial charge in [-0.25, -0.2) is 22.4 Å². The quantitative estimate of drug-likeness (QED) is 0.250. The summed E-state index contributed by atoms with van der Waals surface area (Å²) in [6.07, 6.45) is 1.47. The van der Waals surface area contributed by atoms with Crippen molar-refractivity contribution in [2.45, 2.75) is 50.2 Å². The van der Waals surface area contributed by atoms with Crippen molar-refractivity contribution in [3.63, 3.8) is 0 Å². The second kappa shape index (κ2) is 11.1. The molecule has 0 aliphatic heterocycles. The first kappa shape index (κ1) is 30.0. The van der Waals surface area contributed by atoms with Crippen molar-refractivity contribution in [1.29, 1.82) is 0 Å². The molecule has 11 heteroatoms. The first-order valence-corrected chi connectivity index (χ1v) is 13.6. The van der Waals surface area contributed by atoms with Crippen LogP contribution in [0.3, 0.4) is 0 Å². The minimum absolute atomic E-state index is 0.0374. The molecule has 2 N–H and O–H groups in total. The van der Waals surface area contributed by atoms with E-state index in [1.165, 1.54) is 68.1 Å². The van der Waals surface area contributed by atoms with E-state index in [0.717, 1.165) is 6.07 Å². The Hall–Kier alpha value is -3.02. The molecule has 6 nitrogen and oxygen atoms in total. The minimum Gasteiger partial charge on any atom is -0.392 e. The van der Waals surface area contributed by atoms with Crippen LogP contribution >= 0.6 is 11.6 Å². The summed E-state index contributed by atoms with van der Waals surface area (Å²) < 4.78 is 64.1. The van der Waals surface area contributed by atoms with Crippen molar-refractivity contribution in [2.24, 2.45) is 0 Å². The maximum atomic E-state index is 15.8. The van der Waals surface area contributed by atoms with E-state index >= 15 is 8.78 Å². The summed E-state index contributed by atoms with van der Waals surface area (Å²) in [7, 11) is 1.18. The third-order valence-electron chi connectivity index (χ3n) is 6.66. The van der Waals surface area contributed by atoms with Crippen molar-refractivity contribution >= 4 is 22.7 Å². The predicted octanol–water partition coefficient (Wildman–Crippen LogP) is 6.32. The lowest BCUT2D eigenvalue weighted by atomic mass is 9.83. The topological polar surface area (TPSA) is 84.6 Å². The molecule has 40 heavy (non-hydrogen) atoms.